The number of hydrogen-bond donors (Lipinski definition) is 0. The lowest BCUT2D eigenvalue weighted by atomic mass is 10.1. The van der Waals surface area contributed by atoms with E-state index in [1.807, 2.05) is 6.07 Å². The van der Waals surface area contributed by atoms with Gasteiger partial charge in [0.1, 0.15) is 5.75 Å². The fourth-order valence-corrected chi connectivity index (χ4v) is 2.46. The molecule has 0 saturated heterocycles. The van der Waals surface area contributed by atoms with Crippen molar-refractivity contribution in [3.63, 3.8) is 0 Å². The Morgan fingerprint density at radius 2 is 1.44 bits per heavy atom. The highest BCUT2D eigenvalue weighted by Gasteiger charge is 2.39. The molecule has 0 fully saturated rings. The van der Waals surface area contributed by atoms with Crippen molar-refractivity contribution in [2.24, 2.45) is 0 Å². The van der Waals surface area contributed by atoms with Crippen LogP contribution >= 0.6 is 0 Å². The molecule has 4 rings (SSSR count). The van der Waals surface area contributed by atoms with Crippen molar-refractivity contribution in [2.45, 2.75) is 0 Å². The topological polar surface area (TPSA) is 98.7 Å². The quantitative estimate of drug-likeness (QED) is 0.659. The summed E-state index contributed by atoms with van der Waals surface area (Å²) in [6, 6.07) is 15.1. The second kappa shape index (κ2) is 6.68. The predicted octanol–water partition coefficient (Wildman–Crippen LogP) is 2.64. The summed E-state index contributed by atoms with van der Waals surface area (Å²) in [5.41, 5.74) is 0.174. The molecule has 0 unspecified atom stereocenters. The molecule has 27 heavy (non-hydrogen) atoms. The number of para-hydroxylation sites is 1. The predicted molar refractivity (Wildman–Crippen MR) is 90.9 cm³/mol. The molecule has 1 aliphatic rings. The molecule has 0 atom stereocenters. The van der Waals surface area contributed by atoms with Crippen molar-refractivity contribution < 1.29 is 24.0 Å². The monoisotopic (exact) mass is 361 g/mol. The molecule has 1 aromatic heterocycles. The van der Waals surface area contributed by atoms with Gasteiger partial charge >= 0.3 is 5.97 Å². The van der Waals surface area contributed by atoms with Crippen LogP contribution in [0.3, 0.4) is 0 Å². The summed E-state index contributed by atoms with van der Waals surface area (Å²) in [6.45, 7) is 0. The van der Waals surface area contributed by atoms with Crippen molar-refractivity contribution in [3.8, 4) is 11.6 Å². The summed E-state index contributed by atoms with van der Waals surface area (Å²) in [7, 11) is 0. The third-order valence-electron chi connectivity index (χ3n) is 3.73. The Bertz CT molecular complexity index is 1000. The fraction of sp³-hybridized carbons (Fsp3) is 0. The largest absolute Gasteiger partial charge is 0.438 e. The number of nitrogens with zero attached hydrogens (tertiary/aromatic N) is 3. The highest BCUT2D eigenvalue weighted by molar-refractivity contribution is 6.21. The van der Waals surface area contributed by atoms with Gasteiger partial charge in [0.05, 0.1) is 23.5 Å². The molecule has 1 aliphatic heterocycles. The van der Waals surface area contributed by atoms with E-state index in [9.17, 15) is 14.4 Å². The van der Waals surface area contributed by atoms with E-state index in [1.165, 1.54) is 18.3 Å². The van der Waals surface area contributed by atoms with Crippen molar-refractivity contribution in [1.82, 2.24) is 15.0 Å². The van der Waals surface area contributed by atoms with Crippen LogP contribution in [-0.4, -0.2) is 32.8 Å². The molecule has 2 heterocycles. The molecule has 3 aromatic rings. The molecule has 0 spiro atoms. The van der Waals surface area contributed by atoms with Gasteiger partial charge in [0.2, 0.25) is 5.88 Å². The summed E-state index contributed by atoms with van der Waals surface area (Å²) in [5.74, 6) is -1.66. The Morgan fingerprint density at radius 1 is 0.815 bits per heavy atom. The molecule has 2 aromatic carbocycles. The Labute approximate surface area is 152 Å². The van der Waals surface area contributed by atoms with E-state index < -0.39 is 17.8 Å². The lowest BCUT2D eigenvalue weighted by molar-refractivity contribution is -0.0588. The van der Waals surface area contributed by atoms with Gasteiger partial charge in [-0.25, -0.2) is 14.8 Å². The zero-order valence-electron chi connectivity index (χ0n) is 13.7. The van der Waals surface area contributed by atoms with E-state index in [1.54, 1.807) is 36.4 Å². The Kier molecular flexibility index (Phi) is 4.06. The number of amides is 2. The Balaban J connectivity index is 1.46. The zero-order chi connectivity index (χ0) is 18.8. The van der Waals surface area contributed by atoms with E-state index >= 15 is 0 Å². The summed E-state index contributed by atoms with van der Waals surface area (Å²) < 4.78 is 5.48. The van der Waals surface area contributed by atoms with Gasteiger partial charge in [-0.05, 0) is 24.3 Å². The van der Waals surface area contributed by atoms with E-state index in [-0.39, 0.29) is 22.7 Å². The van der Waals surface area contributed by atoms with Crippen LogP contribution in [0.2, 0.25) is 0 Å². The number of aromatic nitrogens is 2. The number of benzene rings is 2. The molecular formula is C19H11N3O5. The van der Waals surface area contributed by atoms with Crippen LogP contribution in [0.15, 0.2) is 67.0 Å². The fourth-order valence-electron chi connectivity index (χ4n) is 2.46. The van der Waals surface area contributed by atoms with Gasteiger partial charge in [0, 0.05) is 0 Å². The molecule has 132 valence electrons. The minimum Gasteiger partial charge on any atom is -0.438 e. The molecular weight excluding hydrogens is 350 g/mol. The van der Waals surface area contributed by atoms with Crippen molar-refractivity contribution in [3.05, 3.63) is 83.8 Å². The van der Waals surface area contributed by atoms with Crippen molar-refractivity contribution >= 4 is 17.8 Å². The summed E-state index contributed by atoms with van der Waals surface area (Å²) >= 11 is 0. The second-order valence-corrected chi connectivity index (χ2v) is 5.48. The maximum absolute atomic E-state index is 12.2. The number of carbonyl (C=O) groups is 3. The van der Waals surface area contributed by atoms with Crippen molar-refractivity contribution in [1.29, 1.82) is 0 Å². The van der Waals surface area contributed by atoms with Crippen LogP contribution in [0.5, 0.6) is 11.6 Å². The first-order valence-corrected chi connectivity index (χ1v) is 7.88. The molecule has 0 bridgehead atoms. The van der Waals surface area contributed by atoms with Crippen LogP contribution < -0.4 is 4.74 Å². The number of rotatable bonds is 4. The first-order chi connectivity index (χ1) is 13.1. The highest BCUT2D eigenvalue weighted by atomic mass is 16.7. The maximum atomic E-state index is 12.2. The van der Waals surface area contributed by atoms with Gasteiger partial charge in [-0.15, -0.1) is 0 Å². The first-order valence-electron chi connectivity index (χ1n) is 7.88. The average molecular weight is 361 g/mol. The summed E-state index contributed by atoms with van der Waals surface area (Å²) in [6.07, 6.45) is 2.38. The number of imide groups is 1. The number of ether oxygens (including phenoxy) is 1. The third-order valence-corrected chi connectivity index (χ3v) is 3.73. The lowest BCUT2D eigenvalue weighted by Crippen LogP contribution is -2.33. The molecule has 8 nitrogen and oxygen atoms in total. The third kappa shape index (κ3) is 3.11. The van der Waals surface area contributed by atoms with Crippen LogP contribution in [0.25, 0.3) is 0 Å². The Morgan fingerprint density at radius 3 is 2.04 bits per heavy atom. The van der Waals surface area contributed by atoms with Crippen LogP contribution in [0.4, 0.5) is 0 Å². The normalized spacial score (nSPS) is 12.7. The van der Waals surface area contributed by atoms with E-state index in [0.717, 1.165) is 6.20 Å². The van der Waals surface area contributed by atoms with Crippen molar-refractivity contribution in [2.75, 3.05) is 0 Å². The lowest BCUT2D eigenvalue weighted by Gasteiger charge is -2.12. The Hall–Kier alpha value is -4.07. The van der Waals surface area contributed by atoms with E-state index in [4.69, 9.17) is 9.57 Å². The van der Waals surface area contributed by atoms with Crippen LogP contribution in [0.1, 0.15) is 31.2 Å². The highest BCUT2D eigenvalue weighted by Crippen LogP contribution is 2.23. The molecule has 2 amide bonds. The molecule has 0 aliphatic carbocycles. The van der Waals surface area contributed by atoms with Crippen LogP contribution in [-0.2, 0) is 4.84 Å². The number of hydrogen-bond acceptors (Lipinski definition) is 7. The summed E-state index contributed by atoms with van der Waals surface area (Å²) in [4.78, 5) is 49.4. The van der Waals surface area contributed by atoms with Gasteiger partial charge < -0.3 is 9.57 Å². The smallest absolute Gasteiger partial charge is 0.383 e. The van der Waals surface area contributed by atoms with Gasteiger partial charge in [-0.2, -0.15) is 0 Å². The summed E-state index contributed by atoms with van der Waals surface area (Å²) in [5, 5.41) is 0.420. The molecule has 8 heteroatoms. The van der Waals surface area contributed by atoms with E-state index in [2.05, 4.69) is 9.97 Å². The van der Waals surface area contributed by atoms with Gasteiger partial charge in [0.15, 0.2) is 5.69 Å². The van der Waals surface area contributed by atoms with Gasteiger partial charge in [-0.3, -0.25) is 9.59 Å². The SMILES string of the molecule is O=C(ON1C(=O)c2ccccc2C1=O)c1cnc(Oc2ccccc2)cn1. The molecule has 0 radical (unpaired) electrons. The zero-order valence-corrected chi connectivity index (χ0v) is 13.7. The van der Waals surface area contributed by atoms with E-state index in [0.29, 0.717) is 10.8 Å². The molecule has 0 saturated carbocycles. The minimum atomic E-state index is -0.983. The number of fused-ring (bicyclic) bond motifs is 1. The number of carbonyl (C=O) groups excluding carboxylic acids is 3. The standard InChI is InChI=1S/C19H11N3O5/c23-17-13-8-4-5-9-14(13)18(24)22(17)27-19(25)15-10-21-16(11-20-15)26-12-6-2-1-3-7-12/h1-11H. The second-order valence-electron chi connectivity index (χ2n) is 5.48. The maximum Gasteiger partial charge on any atom is 0.383 e. The van der Waals surface area contributed by atoms with Gasteiger partial charge in [-0.1, -0.05) is 35.4 Å². The average Bonchev–Trinajstić information content (AvgIpc) is 2.94. The van der Waals surface area contributed by atoms with Crippen LogP contribution in [0, 0.1) is 0 Å². The molecule has 0 N–H and O–H groups in total. The minimum absolute atomic E-state index is 0.174. The number of hydroxylamine groups is 2. The first kappa shape index (κ1) is 16.4. The van der Waals surface area contributed by atoms with Gasteiger partial charge in [0.25, 0.3) is 11.8 Å².